The van der Waals surface area contributed by atoms with Crippen molar-refractivity contribution < 1.29 is 14.6 Å². The maximum atomic E-state index is 9.03. The third kappa shape index (κ3) is 3.23. The molecule has 0 saturated carbocycles. The van der Waals surface area contributed by atoms with Gasteiger partial charge < -0.3 is 19.9 Å². The van der Waals surface area contributed by atoms with E-state index >= 15 is 0 Å². The minimum absolute atomic E-state index is 0.0572. The first kappa shape index (κ1) is 14.0. The molecule has 0 aromatic heterocycles. The van der Waals surface area contributed by atoms with Gasteiger partial charge in [-0.2, -0.15) is 0 Å². The molecular weight excluding hydrogens is 290 g/mol. The van der Waals surface area contributed by atoms with Crippen molar-refractivity contribution >= 4 is 17.3 Å². The summed E-state index contributed by atoms with van der Waals surface area (Å²) in [6.45, 7) is 1.80. The second-order valence-corrected chi connectivity index (χ2v) is 5.21. The number of ether oxygens (including phenoxy) is 2. The summed E-state index contributed by atoms with van der Waals surface area (Å²) < 4.78 is 11.0. The summed E-state index contributed by atoms with van der Waals surface area (Å²) in [6, 6.07) is 11.4. The van der Waals surface area contributed by atoms with Gasteiger partial charge in [-0.15, -0.1) is 0 Å². The van der Waals surface area contributed by atoms with Crippen molar-refractivity contribution in [3.05, 3.63) is 52.5 Å². The normalized spacial score (nSPS) is 13.0. The number of hydrogen-bond donors (Lipinski definition) is 2. The highest BCUT2D eigenvalue weighted by atomic mass is 35.5. The molecule has 2 aromatic carbocycles. The maximum Gasteiger partial charge on any atom is 0.163 e. The fraction of sp³-hybridized carbons (Fsp3) is 0.250. The Kier molecular flexibility index (Phi) is 4.18. The van der Waals surface area contributed by atoms with Gasteiger partial charge in [0.05, 0.1) is 17.3 Å². The largest absolute Gasteiger partial charge is 0.486 e. The highest BCUT2D eigenvalue weighted by molar-refractivity contribution is 6.33. The van der Waals surface area contributed by atoms with Crippen molar-refractivity contribution in [2.45, 2.75) is 13.2 Å². The van der Waals surface area contributed by atoms with Gasteiger partial charge in [-0.1, -0.05) is 35.9 Å². The van der Waals surface area contributed by atoms with Crippen molar-refractivity contribution in [2.75, 3.05) is 18.5 Å². The van der Waals surface area contributed by atoms with Gasteiger partial charge in [0.2, 0.25) is 0 Å². The van der Waals surface area contributed by atoms with Crippen molar-refractivity contribution in [1.29, 1.82) is 0 Å². The van der Waals surface area contributed by atoms with E-state index < -0.39 is 0 Å². The van der Waals surface area contributed by atoms with E-state index in [0.29, 0.717) is 36.3 Å². The molecule has 110 valence electrons. The molecule has 0 aliphatic carbocycles. The van der Waals surface area contributed by atoms with E-state index in [9.17, 15) is 0 Å². The van der Waals surface area contributed by atoms with Crippen molar-refractivity contribution in [2.24, 2.45) is 0 Å². The van der Waals surface area contributed by atoms with Crippen molar-refractivity contribution in [3.8, 4) is 11.5 Å². The van der Waals surface area contributed by atoms with E-state index in [4.69, 9.17) is 26.2 Å². The molecule has 0 unspecified atom stereocenters. The summed E-state index contributed by atoms with van der Waals surface area (Å²) in [5, 5.41) is 12.9. The quantitative estimate of drug-likeness (QED) is 0.910. The summed E-state index contributed by atoms with van der Waals surface area (Å²) >= 11 is 6.24. The molecule has 0 atom stereocenters. The molecule has 0 radical (unpaired) electrons. The van der Waals surface area contributed by atoms with E-state index in [2.05, 4.69) is 5.32 Å². The molecule has 0 saturated heterocycles. The predicted octanol–water partition coefficient (Wildman–Crippen LogP) is 3.22. The Hall–Kier alpha value is -1.91. The number of aliphatic hydroxyl groups is 1. The Morgan fingerprint density at radius 1 is 1.00 bits per heavy atom. The molecule has 0 fully saturated rings. The molecule has 2 N–H and O–H groups in total. The van der Waals surface area contributed by atoms with Crippen LogP contribution >= 0.6 is 11.6 Å². The van der Waals surface area contributed by atoms with Crippen LogP contribution in [0.1, 0.15) is 11.1 Å². The topological polar surface area (TPSA) is 50.7 Å². The zero-order valence-corrected chi connectivity index (χ0v) is 12.2. The summed E-state index contributed by atoms with van der Waals surface area (Å²) in [6.07, 6.45) is 0. The van der Waals surface area contributed by atoms with Crippen LogP contribution < -0.4 is 14.8 Å². The Balaban J connectivity index is 1.72. The zero-order chi connectivity index (χ0) is 14.7. The van der Waals surface area contributed by atoms with E-state index in [1.54, 1.807) is 6.07 Å². The lowest BCUT2D eigenvalue weighted by Gasteiger charge is -2.20. The molecule has 0 amide bonds. The monoisotopic (exact) mass is 305 g/mol. The first-order valence-corrected chi connectivity index (χ1v) is 7.16. The number of nitrogens with one attached hydrogen (secondary N) is 1. The predicted molar refractivity (Wildman–Crippen MR) is 82.1 cm³/mol. The average molecular weight is 306 g/mol. The lowest BCUT2D eigenvalue weighted by atomic mass is 10.1. The first-order chi connectivity index (χ1) is 10.3. The molecule has 21 heavy (non-hydrogen) atoms. The Labute approximate surface area is 128 Å². The molecule has 3 rings (SSSR count). The van der Waals surface area contributed by atoms with Gasteiger partial charge in [-0.25, -0.2) is 0 Å². The van der Waals surface area contributed by atoms with Gasteiger partial charge in [-0.3, -0.25) is 0 Å². The molecular formula is C16H16ClNO3. The number of hydrogen-bond acceptors (Lipinski definition) is 4. The summed E-state index contributed by atoms with van der Waals surface area (Å²) in [5.74, 6) is 1.40. The minimum atomic E-state index is 0.0572. The molecule has 1 heterocycles. The van der Waals surface area contributed by atoms with Gasteiger partial charge in [0.15, 0.2) is 11.5 Å². The highest BCUT2D eigenvalue weighted by Gasteiger charge is 2.14. The Morgan fingerprint density at radius 3 is 2.29 bits per heavy atom. The minimum Gasteiger partial charge on any atom is -0.486 e. The maximum absolute atomic E-state index is 9.03. The van der Waals surface area contributed by atoms with Crippen LogP contribution in [0.25, 0.3) is 0 Å². The van der Waals surface area contributed by atoms with Crippen molar-refractivity contribution in [1.82, 2.24) is 0 Å². The van der Waals surface area contributed by atoms with Crippen LogP contribution in [0.4, 0.5) is 5.69 Å². The number of halogens is 1. The lowest BCUT2D eigenvalue weighted by molar-refractivity contribution is 0.171. The number of fused-ring (bicyclic) bond motifs is 1. The fourth-order valence-electron chi connectivity index (χ4n) is 2.16. The summed E-state index contributed by atoms with van der Waals surface area (Å²) in [4.78, 5) is 0. The Morgan fingerprint density at radius 2 is 1.62 bits per heavy atom. The van der Waals surface area contributed by atoms with E-state index in [1.807, 2.05) is 30.3 Å². The van der Waals surface area contributed by atoms with Crippen LogP contribution in [-0.4, -0.2) is 18.3 Å². The van der Waals surface area contributed by atoms with E-state index in [-0.39, 0.29) is 6.61 Å². The molecule has 0 spiro atoms. The van der Waals surface area contributed by atoms with Crippen LogP contribution in [0.2, 0.25) is 5.02 Å². The first-order valence-electron chi connectivity index (χ1n) is 6.78. The van der Waals surface area contributed by atoms with Gasteiger partial charge >= 0.3 is 0 Å². The van der Waals surface area contributed by atoms with Crippen LogP contribution in [0, 0.1) is 0 Å². The molecule has 5 heteroatoms. The smallest absolute Gasteiger partial charge is 0.163 e. The molecule has 1 aliphatic heterocycles. The van der Waals surface area contributed by atoms with Crippen molar-refractivity contribution in [3.63, 3.8) is 0 Å². The second kappa shape index (κ2) is 6.24. The van der Waals surface area contributed by atoms with Gasteiger partial charge in [0, 0.05) is 18.7 Å². The van der Waals surface area contributed by atoms with Crippen LogP contribution in [0.15, 0.2) is 36.4 Å². The van der Waals surface area contributed by atoms with E-state index in [0.717, 1.165) is 16.8 Å². The molecule has 4 nitrogen and oxygen atoms in total. The molecule has 0 bridgehead atoms. The lowest BCUT2D eigenvalue weighted by Crippen LogP contribution is -2.15. The number of aliphatic hydroxyl groups excluding tert-OH is 1. The highest BCUT2D eigenvalue weighted by Crippen LogP contribution is 2.38. The van der Waals surface area contributed by atoms with Gasteiger partial charge in [-0.05, 0) is 11.1 Å². The standard InChI is InChI=1S/C16H16ClNO3/c17-13-7-15-16(21-6-5-20-15)8-14(13)18-9-11-1-3-12(10-19)4-2-11/h1-4,7-8,18-19H,5-6,9-10H2. The zero-order valence-electron chi connectivity index (χ0n) is 11.4. The SMILES string of the molecule is OCc1ccc(CNc2cc3c(cc2Cl)OCCO3)cc1. The second-order valence-electron chi connectivity index (χ2n) is 4.80. The summed E-state index contributed by atoms with van der Waals surface area (Å²) in [5.41, 5.74) is 2.82. The van der Waals surface area contributed by atoms with Gasteiger partial charge in [0.25, 0.3) is 0 Å². The average Bonchev–Trinajstić information content (AvgIpc) is 2.53. The third-order valence-electron chi connectivity index (χ3n) is 3.32. The third-order valence-corrected chi connectivity index (χ3v) is 3.63. The number of anilines is 1. The van der Waals surface area contributed by atoms with Crippen LogP contribution in [0.3, 0.4) is 0 Å². The number of benzene rings is 2. The fourth-order valence-corrected chi connectivity index (χ4v) is 2.38. The van der Waals surface area contributed by atoms with Crippen LogP contribution in [-0.2, 0) is 13.2 Å². The van der Waals surface area contributed by atoms with Crippen LogP contribution in [0.5, 0.6) is 11.5 Å². The van der Waals surface area contributed by atoms with Gasteiger partial charge in [0.1, 0.15) is 13.2 Å². The van der Waals surface area contributed by atoms with E-state index in [1.165, 1.54) is 0 Å². The molecule has 1 aliphatic rings. The number of rotatable bonds is 4. The summed E-state index contributed by atoms with van der Waals surface area (Å²) in [7, 11) is 0. The Bertz CT molecular complexity index is 628. The molecule has 2 aromatic rings.